The highest BCUT2D eigenvalue weighted by atomic mass is 16.6. The van der Waals surface area contributed by atoms with Crippen molar-refractivity contribution < 1.29 is 14.8 Å². The van der Waals surface area contributed by atoms with Gasteiger partial charge < -0.3 is 10.0 Å². The Labute approximate surface area is 115 Å². The summed E-state index contributed by atoms with van der Waals surface area (Å²) in [4.78, 5) is 23.7. The summed E-state index contributed by atoms with van der Waals surface area (Å²) in [7, 11) is 1.58. The highest BCUT2D eigenvalue weighted by Crippen LogP contribution is 2.25. The molecule has 1 heterocycles. The van der Waals surface area contributed by atoms with Gasteiger partial charge in [0.1, 0.15) is 6.20 Å². The Balaban J connectivity index is 2.04. The number of hydrogen-bond acceptors (Lipinski definition) is 5. The minimum atomic E-state index is -0.639. The van der Waals surface area contributed by atoms with E-state index in [9.17, 15) is 20.0 Å². The lowest BCUT2D eigenvalue weighted by atomic mass is 9.86. The number of carbonyl (C=O) groups excluding carboxylic acids is 1. The largest absolute Gasteiger partial charge is 0.393 e. The molecule has 2 N–H and O–H groups in total. The Bertz CT molecular complexity index is 501. The number of nitrogens with one attached hydrogen (secondary N) is 1. The fourth-order valence-electron chi connectivity index (χ4n) is 2.60. The van der Waals surface area contributed by atoms with Crippen molar-refractivity contribution in [1.82, 2.24) is 15.1 Å². The predicted octanol–water partition coefficient (Wildman–Crippen LogP) is 0.941. The fourth-order valence-corrected chi connectivity index (χ4v) is 2.60. The van der Waals surface area contributed by atoms with Crippen LogP contribution in [0.5, 0.6) is 0 Å². The smallest absolute Gasteiger partial charge is 0.319 e. The van der Waals surface area contributed by atoms with Crippen LogP contribution in [0.2, 0.25) is 0 Å². The third-order valence-corrected chi connectivity index (χ3v) is 3.75. The third kappa shape index (κ3) is 2.96. The Morgan fingerprint density at radius 3 is 2.95 bits per heavy atom. The lowest BCUT2D eigenvalue weighted by Crippen LogP contribution is -2.38. The van der Waals surface area contributed by atoms with Crippen LogP contribution in [-0.4, -0.2) is 50.7 Å². The van der Waals surface area contributed by atoms with Crippen molar-refractivity contribution in [2.75, 3.05) is 13.6 Å². The molecule has 0 bridgehead atoms. The number of aliphatic hydroxyl groups is 1. The number of carbonyl (C=O) groups is 1. The van der Waals surface area contributed by atoms with Crippen molar-refractivity contribution in [2.24, 2.45) is 5.92 Å². The van der Waals surface area contributed by atoms with Crippen molar-refractivity contribution >= 4 is 11.6 Å². The summed E-state index contributed by atoms with van der Waals surface area (Å²) in [5.74, 6) is -0.452. The van der Waals surface area contributed by atoms with Crippen LogP contribution in [0.25, 0.3) is 0 Å². The molecule has 1 amide bonds. The van der Waals surface area contributed by atoms with Crippen LogP contribution in [0.1, 0.15) is 36.2 Å². The SMILES string of the molecule is CN(CC1CCCCC1O)C(=O)c1[nH]ncc1[N+](=O)[O-]. The van der Waals surface area contributed by atoms with Crippen LogP contribution >= 0.6 is 0 Å². The van der Waals surface area contributed by atoms with E-state index in [4.69, 9.17) is 0 Å². The zero-order valence-electron chi connectivity index (χ0n) is 11.3. The van der Waals surface area contributed by atoms with E-state index in [1.807, 2.05) is 0 Å². The molecule has 1 fully saturated rings. The molecule has 0 saturated heterocycles. The third-order valence-electron chi connectivity index (χ3n) is 3.75. The van der Waals surface area contributed by atoms with E-state index >= 15 is 0 Å². The monoisotopic (exact) mass is 282 g/mol. The molecule has 0 spiro atoms. The van der Waals surface area contributed by atoms with Crippen LogP contribution in [-0.2, 0) is 0 Å². The molecule has 2 unspecified atom stereocenters. The molecule has 110 valence electrons. The van der Waals surface area contributed by atoms with E-state index in [1.165, 1.54) is 4.90 Å². The second-order valence-corrected chi connectivity index (χ2v) is 5.18. The summed E-state index contributed by atoms with van der Waals surface area (Å²) in [6.07, 6.45) is 4.27. The molecule has 1 aliphatic rings. The highest BCUT2D eigenvalue weighted by Gasteiger charge is 2.29. The first-order valence-corrected chi connectivity index (χ1v) is 6.62. The minimum Gasteiger partial charge on any atom is -0.393 e. The van der Waals surface area contributed by atoms with Crippen molar-refractivity contribution in [3.63, 3.8) is 0 Å². The molecule has 2 atom stereocenters. The molecule has 0 aromatic carbocycles. The maximum Gasteiger partial charge on any atom is 0.319 e. The summed E-state index contributed by atoms with van der Waals surface area (Å²) in [5, 5.41) is 26.6. The van der Waals surface area contributed by atoms with Crippen LogP contribution in [0.15, 0.2) is 6.20 Å². The number of aromatic nitrogens is 2. The maximum atomic E-state index is 12.2. The van der Waals surface area contributed by atoms with Gasteiger partial charge in [-0.25, -0.2) is 0 Å². The minimum absolute atomic E-state index is 0.0275. The summed E-state index contributed by atoms with van der Waals surface area (Å²) in [6.45, 7) is 0.385. The summed E-state index contributed by atoms with van der Waals surface area (Å²) in [5.41, 5.74) is -0.450. The van der Waals surface area contributed by atoms with Gasteiger partial charge in [-0.15, -0.1) is 0 Å². The Hall–Kier alpha value is -1.96. The Kier molecular flexibility index (Phi) is 4.33. The second-order valence-electron chi connectivity index (χ2n) is 5.18. The molecule has 20 heavy (non-hydrogen) atoms. The first-order valence-electron chi connectivity index (χ1n) is 6.62. The average Bonchev–Trinajstić information content (AvgIpc) is 2.89. The quantitative estimate of drug-likeness (QED) is 0.630. The molecule has 1 aromatic rings. The topological polar surface area (TPSA) is 112 Å². The molecular weight excluding hydrogens is 264 g/mol. The van der Waals surface area contributed by atoms with Crippen molar-refractivity contribution in [2.45, 2.75) is 31.8 Å². The van der Waals surface area contributed by atoms with E-state index in [2.05, 4.69) is 10.2 Å². The first kappa shape index (κ1) is 14.4. The lowest BCUT2D eigenvalue weighted by Gasteiger charge is -2.30. The van der Waals surface area contributed by atoms with Gasteiger partial charge in [0.05, 0.1) is 11.0 Å². The van der Waals surface area contributed by atoms with Crippen LogP contribution in [0.4, 0.5) is 5.69 Å². The number of aliphatic hydroxyl groups excluding tert-OH is 1. The number of H-pyrrole nitrogens is 1. The Morgan fingerprint density at radius 1 is 1.60 bits per heavy atom. The van der Waals surface area contributed by atoms with Gasteiger partial charge in [-0.3, -0.25) is 20.0 Å². The van der Waals surface area contributed by atoms with E-state index in [0.717, 1.165) is 31.9 Å². The summed E-state index contributed by atoms with van der Waals surface area (Å²) in [6, 6.07) is 0. The van der Waals surface area contributed by atoms with Crippen molar-refractivity contribution in [3.05, 3.63) is 22.0 Å². The van der Waals surface area contributed by atoms with E-state index in [0.29, 0.717) is 6.54 Å². The zero-order valence-corrected chi connectivity index (χ0v) is 11.3. The van der Waals surface area contributed by atoms with Gasteiger partial charge in [-0.05, 0) is 12.8 Å². The van der Waals surface area contributed by atoms with Gasteiger partial charge in [0, 0.05) is 19.5 Å². The molecule has 1 aliphatic carbocycles. The molecule has 2 rings (SSSR count). The second kappa shape index (κ2) is 6.00. The molecule has 0 aliphatic heterocycles. The predicted molar refractivity (Wildman–Crippen MR) is 70.2 cm³/mol. The summed E-state index contributed by atoms with van der Waals surface area (Å²) >= 11 is 0. The number of rotatable bonds is 4. The van der Waals surface area contributed by atoms with Crippen LogP contribution < -0.4 is 0 Å². The van der Waals surface area contributed by atoms with Gasteiger partial charge in [-0.1, -0.05) is 12.8 Å². The zero-order chi connectivity index (χ0) is 14.7. The molecule has 8 heteroatoms. The first-order chi connectivity index (χ1) is 9.50. The summed E-state index contributed by atoms with van der Waals surface area (Å²) < 4.78 is 0. The van der Waals surface area contributed by atoms with Crippen molar-refractivity contribution in [1.29, 1.82) is 0 Å². The van der Waals surface area contributed by atoms with Gasteiger partial charge in [0.15, 0.2) is 0 Å². The van der Waals surface area contributed by atoms with Gasteiger partial charge in [0.2, 0.25) is 5.69 Å². The van der Waals surface area contributed by atoms with E-state index in [-0.39, 0.29) is 17.3 Å². The molecule has 0 radical (unpaired) electrons. The highest BCUT2D eigenvalue weighted by molar-refractivity contribution is 5.95. The number of hydrogen-bond donors (Lipinski definition) is 2. The molecule has 8 nitrogen and oxygen atoms in total. The molecule has 1 aromatic heterocycles. The Morgan fingerprint density at radius 2 is 2.30 bits per heavy atom. The standard InChI is InChI=1S/C12H18N4O4/c1-15(7-8-4-2-3-5-10(8)17)12(18)11-9(16(19)20)6-13-14-11/h6,8,10,17H,2-5,7H2,1H3,(H,13,14). The molecular formula is C12H18N4O4. The van der Waals surface area contributed by atoms with Gasteiger partial charge >= 0.3 is 5.69 Å². The maximum absolute atomic E-state index is 12.2. The van der Waals surface area contributed by atoms with Crippen molar-refractivity contribution in [3.8, 4) is 0 Å². The number of nitro groups is 1. The van der Waals surface area contributed by atoms with Gasteiger partial charge in [0.25, 0.3) is 5.91 Å². The van der Waals surface area contributed by atoms with E-state index in [1.54, 1.807) is 7.05 Å². The molecule has 1 saturated carbocycles. The van der Waals surface area contributed by atoms with E-state index < -0.39 is 16.9 Å². The number of aromatic amines is 1. The fraction of sp³-hybridized carbons (Fsp3) is 0.667. The number of nitrogens with zero attached hydrogens (tertiary/aromatic N) is 3. The van der Waals surface area contributed by atoms with Crippen LogP contribution in [0.3, 0.4) is 0 Å². The lowest BCUT2D eigenvalue weighted by molar-refractivity contribution is -0.385. The normalized spacial score (nSPS) is 22.5. The number of amides is 1. The van der Waals surface area contributed by atoms with Gasteiger partial charge in [-0.2, -0.15) is 5.10 Å². The van der Waals surface area contributed by atoms with Crippen LogP contribution in [0, 0.1) is 16.0 Å². The average molecular weight is 282 g/mol.